The summed E-state index contributed by atoms with van der Waals surface area (Å²) in [6.45, 7) is 8.23. The van der Waals surface area contributed by atoms with Crippen molar-refractivity contribution in [2.45, 2.75) is 77.0 Å². The van der Waals surface area contributed by atoms with Gasteiger partial charge in [-0.05, 0) is 35.8 Å². The van der Waals surface area contributed by atoms with E-state index in [-0.39, 0.29) is 11.2 Å². The van der Waals surface area contributed by atoms with Crippen LogP contribution < -0.4 is 0 Å². The summed E-state index contributed by atoms with van der Waals surface area (Å²) in [4.78, 5) is 12.1. The van der Waals surface area contributed by atoms with Crippen LogP contribution in [0, 0.1) is 0 Å². The number of aryl methyl sites for hydroxylation is 1. The summed E-state index contributed by atoms with van der Waals surface area (Å²) in [7, 11) is 0. The first-order valence-electron chi connectivity index (χ1n) is 8.32. The highest BCUT2D eigenvalue weighted by Gasteiger charge is 2.44. The van der Waals surface area contributed by atoms with Crippen molar-refractivity contribution < 1.29 is 15.0 Å². The van der Waals surface area contributed by atoms with E-state index in [0.29, 0.717) is 18.4 Å². The standard InChI is InChI=1S/C19H28O3/c1-5-13-11-14(18(2,3)4)16(20)15(12-13)19(17(21)22)9-7-6-8-10-19/h11-12,20H,5-10H2,1-4H3,(H,21,22). The van der Waals surface area contributed by atoms with Crippen LogP contribution in [-0.2, 0) is 22.0 Å². The van der Waals surface area contributed by atoms with Crippen molar-refractivity contribution in [1.29, 1.82) is 0 Å². The summed E-state index contributed by atoms with van der Waals surface area (Å²) >= 11 is 0. The van der Waals surface area contributed by atoms with Gasteiger partial charge in [-0.2, -0.15) is 0 Å². The third-order valence-electron chi connectivity index (χ3n) is 5.02. The highest BCUT2D eigenvalue weighted by molar-refractivity contribution is 5.83. The smallest absolute Gasteiger partial charge is 0.314 e. The molecule has 0 spiro atoms. The van der Waals surface area contributed by atoms with E-state index >= 15 is 0 Å². The molecule has 1 fully saturated rings. The molecule has 0 aromatic heterocycles. The number of benzene rings is 1. The molecule has 1 aliphatic carbocycles. The van der Waals surface area contributed by atoms with Crippen molar-refractivity contribution in [1.82, 2.24) is 0 Å². The first-order valence-corrected chi connectivity index (χ1v) is 8.32. The number of rotatable bonds is 3. The second kappa shape index (κ2) is 5.94. The number of aromatic hydroxyl groups is 1. The Labute approximate surface area is 133 Å². The van der Waals surface area contributed by atoms with E-state index in [4.69, 9.17) is 0 Å². The van der Waals surface area contributed by atoms with Crippen LogP contribution in [0.1, 0.15) is 76.5 Å². The van der Waals surface area contributed by atoms with Crippen molar-refractivity contribution in [2.24, 2.45) is 0 Å². The summed E-state index contributed by atoms with van der Waals surface area (Å²) in [5, 5.41) is 20.8. The normalized spacial score (nSPS) is 18.2. The number of aliphatic carboxylic acids is 1. The van der Waals surface area contributed by atoms with E-state index in [9.17, 15) is 15.0 Å². The zero-order valence-electron chi connectivity index (χ0n) is 14.2. The van der Waals surface area contributed by atoms with Gasteiger partial charge in [0.2, 0.25) is 0 Å². The highest BCUT2D eigenvalue weighted by atomic mass is 16.4. The lowest BCUT2D eigenvalue weighted by molar-refractivity contribution is -0.145. The third-order valence-corrected chi connectivity index (χ3v) is 5.02. The van der Waals surface area contributed by atoms with Crippen molar-refractivity contribution in [3.8, 4) is 5.75 Å². The number of carboxylic acids is 1. The van der Waals surface area contributed by atoms with Crippen molar-refractivity contribution in [3.05, 3.63) is 28.8 Å². The number of carbonyl (C=O) groups is 1. The van der Waals surface area contributed by atoms with Gasteiger partial charge in [-0.1, -0.05) is 59.1 Å². The van der Waals surface area contributed by atoms with Gasteiger partial charge in [0.25, 0.3) is 0 Å². The molecule has 122 valence electrons. The molecule has 1 aliphatic rings. The fraction of sp³-hybridized carbons (Fsp3) is 0.632. The molecule has 1 aromatic rings. The Morgan fingerprint density at radius 3 is 2.23 bits per heavy atom. The van der Waals surface area contributed by atoms with Gasteiger partial charge in [0.15, 0.2) is 0 Å². The third kappa shape index (κ3) is 2.86. The molecule has 0 saturated heterocycles. The number of phenolic OH excluding ortho intramolecular Hbond substituents is 1. The molecule has 0 amide bonds. The van der Waals surface area contributed by atoms with Crippen molar-refractivity contribution in [3.63, 3.8) is 0 Å². The molecule has 0 aliphatic heterocycles. The van der Waals surface area contributed by atoms with E-state index in [1.54, 1.807) is 0 Å². The lowest BCUT2D eigenvalue weighted by atomic mass is 9.67. The Hall–Kier alpha value is -1.51. The summed E-state index contributed by atoms with van der Waals surface area (Å²) in [5.41, 5.74) is 1.45. The van der Waals surface area contributed by atoms with Gasteiger partial charge in [-0.3, -0.25) is 4.79 Å². The van der Waals surface area contributed by atoms with Crippen LogP contribution in [0.4, 0.5) is 0 Å². The van der Waals surface area contributed by atoms with Crippen LogP contribution >= 0.6 is 0 Å². The van der Waals surface area contributed by atoms with Gasteiger partial charge < -0.3 is 10.2 Å². The van der Waals surface area contributed by atoms with Gasteiger partial charge in [0.05, 0.1) is 5.41 Å². The lowest BCUT2D eigenvalue weighted by Gasteiger charge is -2.36. The molecular weight excluding hydrogens is 276 g/mol. The van der Waals surface area contributed by atoms with Crippen LogP contribution in [-0.4, -0.2) is 16.2 Å². The lowest BCUT2D eigenvalue weighted by Crippen LogP contribution is -2.38. The fourth-order valence-electron chi connectivity index (χ4n) is 3.59. The van der Waals surface area contributed by atoms with Crippen LogP contribution in [0.15, 0.2) is 12.1 Å². The van der Waals surface area contributed by atoms with E-state index in [0.717, 1.165) is 36.8 Å². The molecule has 0 heterocycles. The maximum atomic E-state index is 12.1. The maximum Gasteiger partial charge on any atom is 0.314 e. The molecule has 0 bridgehead atoms. The van der Waals surface area contributed by atoms with Crippen LogP contribution in [0.2, 0.25) is 0 Å². The summed E-state index contributed by atoms with van der Waals surface area (Å²) < 4.78 is 0. The molecule has 2 N–H and O–H groups in total. The quantitative estimate of drug-likeness (QED) is 0.862. The molecule has 0 radical (unpaired) electrons. The van der Waals surface area contributed by atoms with Crippen LogP contribution in [0.3, 0.4) is 0 Å². The average molecular weight is 304 g/mol. The van der Waals surface area contributed by atoms with E-state index in [1.807, 2.05) is 12.1 Å². The van der Waals surface area contributed by atoms with Gasteiger partial charge in [-0.25, -0.2) is 0 Å². The van der Waals surface area contributed by atoms with E-state index in [2.05, 4.69) is 27.7 Å². The molecule has 0 atom stereocenters. The summed E-state index contributed by atoms with van der Waals surface area (Å²) in [5.74, 6) is -0.607. The van der Waals surface area contributed by atoms with Gasteiger partial charge >= 0.3 is 5.97 Å². The second-order valence-electron chi connectivity index (χ2n) is 7.59. The zero-order valence-corrected chi connectivity index (χ0v) is 14.2. The van der Waals surface area contributed by atoms with E-state index in [1.165, 1.54) is 0 Å². The SMILES string of the molecule is CCc1cc(C(C)(C)C)c(O)c(C2(C(=O)O)CCCCC2)c1. The van der Waals surface area contributed by atoms with Crippen LogP contribution in [0.5, 0.6) is 5.75 Å². The monoisotopic (exact) mass is 304 g/mol. The molecule has 0 unspecified atom stereocenters. The van der Waals surface area contributed by atoms with Crippen molar-refractivity contribution in [2.75, 3.05) is 0 Å². The second-order valence-corrected chi connectivity index (χ2v) is 7.59. The molecule has 2 rings (SSSR count). The predicted octanol–water partition coefficient (Wildman–Crippen LogP) is 4.54. The Morgan fingerprint density at radius 1 is 1.18 bits per heavy atom. The van der Waals surface area contributed by atoms with Crippen LogP contribution in [0.25, 0.3) is 0 Å². The largest absolute Gasteiger partial charge is 0.507 e. The molecular formula is C19H28O3. The number of hydrogen-bond donors (Lipinski definition) is 2. The Bertz CT molecular complexity index is 561. The zero-order chi connectivity index (χ0) is 16.5. The molecule has 1 aromatic carbocycles. The maximum absolute atomic E-state index is 12.1. The Kier molecular flexibility index (Phi) is 4.55. The summed E-state index contributed by atoms with van der Waals surface area (Å²) in [6, 6.07) is 3.95. The van der Waals surface area contributed by atoms with E-state index < -0.39 is 11.4 Å². The molecule has 22 heavy (non-hydrogen) atoms. The molecule has 1 saturated carbocycles. The minimum absolute atomic E-state index is 0.189. The number of hydrogen-bond acceptors (Lipinski definition) is 2. The highest BCUT2D eigenvalue weighted by Crippen LogP contribution is 2.46. The average Bonchev–Trinajstić information content (AvgIpc) is 2.46. The topological polar surface area (TPSA) is 57.5 Å². The first-order chi connectivity index (χ1) is 10.2. The number of phenols is 1. The molecule has 3 nitrogen and oxygen atoms in total. The summed E-state index contributed by atoms with van der Waals surface area (Å²) in [6.07, 6.45) is 4.97. The van der Waals surface area contributed by atoms with Gasteiger partial charge in [0, 0.05) is 5.56 Å². The Balaban J connectivity index is 2.69. The predicted molar refractivity (Wildman–Crippen MR) is 88.6 cm³/mol. The van der Waals surface area contributed by atoms with Crippen molar-refractivity contribution >= 4 is 5.97 Å². The first kappa shape index (κ1) is 16.9. The van der Waals surface area contributed by atoms with Gasteiger partial charge in [-0.15, -0.1) is 0 Å². The fourth-order valence-corrected chi connectivity index (χ4v) is 3.59. The minimum Gasteiger partial charge on any atom is -0.507 e. The van der Waals surface area contributed by atoms with Gasteiger partial charge in [0.1, 0.15) is 5.75 Å². The number of carboxylic acid groups (broad SMARTS) is 1. The Morgan fingerprint density at radius 2 is 1.77 bits per heavy atom. The molecule has 3 heteroatoms. The minimum atomic E-state index is -0.923.